The number of aromatic nitrogens is 3. The number of fused-ring (bicyclic) bond motifs is 1. The Bertz CT molecular complexity index is 1150. The first-order valence-corrected chi connectivity index (χ1v) is 9.97. The van der Waals surface area contributed by atoms with Gasteiger partial charge in [0.1, 0.15) is 23.5 Å². The third kappa shape index (κ3) is 4.05. The SMILES string of the molecule is Cc1c(C)n(Cc2cccc(Cl)c2)c2ncnc(NCCc3ccc(O)cc3)c12. The predicted molar refractivity (Wildman–Crippen MR) is 118 cm³/mol. The summed E-state index contributed by atoms with van der Waals surface area (Å²) in [5.74, 6) is 1.13. The van der Waals surface area contributed by atoms with Gasteiger partial charge in [0.15, 0.2) is 0 Å². The molecule has 6 heteroatoms. The molecule has 0 bridgehead atoms. The maximum absolute atomic E-state index is 9.42. The van der Waals surface area contributed by atoms with Crippen molar-refractivity contribution < 1.29 is 5.11 Å². The van der Waals surface area contributed by atoms with E-state index in [-0.39, 0.29) is 5.75 Å². The molecule has 0 fully saturated rings. The molecule has 0 aliphatic heterocycles. The fraction of sp³-hybridized carbons (Fsp3) is 0.217. The summed E-state index contributed by atoms with van der Waals surface area (Å²) in [5, 5.41) is 14.7. The van der Waals surface area contributed by atoms with Crippen LogP contribution in [0.5, 0.6) is 5.75 Å². The first kappa shape index (κ1) is 19.3. The standard InChI is InChI=1S/C23H23ClN4O/c1-15-16(2)28(13-18-4-3-5-19(24)12-18)23-21(15)22(26-14-27-23)25-11-10-17-6-8-20(29)9-7-17/h3-9,12,14,29H,10-11,13H2,1-2H3,(H,25,26,27). The molecule has 4 rings (SSSR count). The fourth-order valence-corrected chi connectivity index (χ4v) is 3.81. The Hall–Kier alpha value is -3.05. The Morgan fingerprint density at radius 3 is 2.59 bits per heavy atom. The van der Waals surface area contributed by atoms with Crippen molar-refractivity contribution in [1.82, 2.24) is 14.5 Å². The van der Waals surface area contributed by atoms with Gasteiger partial charge in [-0.05, 0) is 61.2 Å². The maximum atomic E-state index is 9.42. The fourth-order valence-electron chi connectivity index (χ4n) is 3.60. The molecular weight excluding hydrogens is 384 g/mol. The maximum Gasteiger partial charge on any atom is 0.146 e. The number of phenols is 1. The van der Waals surface area contributed by atoms with Crippen LogP contribution in [0, 0.1) is 13.8 Å². The van der Waals surface area contributed by atoms with Gasteiger partial charge in [-0.2, -0.15) is 0 Å². The molecule has 29 heavy (non-hydrogen) atoms. The molecule has 2 aromatic carbocycles. The van der Waals surface area contributed by atoms with Crippen LogP contribution in [-0.2, 0) is 13.0 Å². The molecular formula is C23H23ClN4O. The van der Waals surface area contributed by atoms with Crippen molar-refractivity contribution in [3.8, 4) is 5.75 Å². The van der Waals surface area contributed by atoms with E-state index in [0.717, 1.165) is 46.0 Å². The first-order chi connectivity index (χ1) is 14.0. The average Bonchev–Trinajstić information content (AvgIpc) is 2.95. The van der Waals surface area contributed by atoms with Crippen molar-refractivity contribution in [2.45, 2.75) is 26.8 Å². The lowest BCUT2D eigenvalue weighted by atomic mass is 10.1. The van der Waals surface area contributed by atoms with Crippen molar-refractivity contribution in [3.63, 3.8) is 0 Å². The lowest BCUT2D eigenvalue weighted by Crippen LogP contribution is -2.07. The topological polar surface area (TPSA) is 63.0 Å². The highest BCUT2D eigenvalue weighted by Gasteiger charge is 2.16. The molecule has 0 amide bonds. The number of nitrogens with zero attached hydrogens (tertiary/aromatic N) is 3. The molecule has 0 aliphatic rings. The zero-order valence-electron chi connectivity index (χ0n) is 16.5. The monoisotopic (exact) mass is 406 g/mol. The second-order valence-corrected chi connectivity index (χ2v) is 7.63. The number of nitrogens with one attached hydrogen (secondary N) is 1. The molecule has 0 radical (unpaired) electrons. The zero-order chi connectivity index (χ0) is 20.4. The van der Waals surface area contributed by atoms with Crippen LogP contribution in [-0.4, -0.2) is 26.2 Å². The molecule has 0 unspecified atom stereocenters. The van der Waals surface area contributed by atoms with Gasteiger partial charge in [0.2, 0.25) is 0 Å². The van der Waals surface area contributed by atoms with Gasteiger partial charge in [0, 0.05) is 23.8 Å². The molecule has 5 nitrogen and oxygen atoms in total. The Labute approximate surface area is 175 Å². The van der Waals surface area contributed by atoms with Crippen LogP contribution in [0.4, 0.5) is 5.82 Å². The second-order valence-electron chi connectivity index (χ2n) is 7.19. The number of phenolic OH excluding ortho intramolecular Hbond substituents is 1. The van der Waals surface area contributed by atoms with Crippen molar-refractivity contribution >= 4 is 28.5 Å². The summed E-state index contributed by atoms with van der Waals surface area (Å²) in [6.45, 7) is 5.68. The van der Waals surface area contributed by atoms with Gasteiger partial charge >= 0.3 is 0 Å². The normalized spacial score (nSPS) is 11.1. The van der Waals surface area contributed by atoms with E-state index < -0.39 is 0 Å². The van der Waals surface area contributed by atoms with Gasteiger partial charge in [-0.15, -0.1) is 0 Å². The first-order valence-electron chi connectivity index (χ1n) is 9.59. The van der Waals surface area contributed by atoms with Crippen LogP contribution >= 0.6 is 11.6 Å². The molecule has 0 atom stereocenters. The van der Waals surface area contributed by atoms with E-state index in [1.54, 1.807) is 18.5 Å². The Balaban J connectivity index is 1.60. The van der Waals surface area contributed by atoms with Gasteiger partial charge in [0.25, 0.3) is 0 Å². The van der Waals surface area contributed by atoms with Gasteiger partial charge in [-0.25, -0.2) is 9.97 Å². The average molecular weight is 407 g/mol. The number of hydrogen-bond acceptors (Lipinski definition) is 4. The summed E-state index contributed by atoms with van der Waals surface area (Å²) in [5.41, 5.74) is 5.56. The number of rotatable bonds is 6. The number of benzene rings is 2. The lowest BCUT2D eigenvalue weighted by molar-refractivity contribution is 0.475. The number of anilines is 1. The van der Waals surface area contributed by atoms with Gasteiger partial charge in [-0.3, -0.25) is 0 Å². The smallest absolute Gasteiger partial charge is 0.146 e. The quantitative estimate of drug-likeness (QED) is 0.467. The lowest BCUT2D eigenvalue weighted by Gasteiger charge is -2.09. The largest absolute Gasteiger partial charge is 0.508 e. The minimum atomic E-state index is 0.284. The van der Waals surface area contributed by atoms with Crippen molar-refractivity contribution in [2.75, 3.05) is 11.9 Å². The summed E-state index contributed by atoms with van der Waals surface area (Å²) in [4.78, 5) is 9.06. The van der Waals surface area contributed by atoms with E-state index in [1.165, 1.54) is 11.3 Å². The van der Waals surface area contributed by atoms with Gasteiger partial charge in [0.05, 0.1) is 5.39 Å². The predicted octanol–water partition coefficient (Wildman–Crippen LogP) is 5.11. The van der Waals surface area contributed by atoms with Gasteiger partial charge in [-0.1, -0.05) is 35.9 Å². The molecule has 2 N–H and O–H groups in total. The van der Waals surface area contributed by atoms with Crippen molar-refractivity contribution in [3.05, 3.63) is 82.3 Å². The number of aryl methyl sites for hydroxylation is 1. The van der Waals surface area contributed by atoms with Crippen LogP contribution in [0.3, 0.4) is 0 Å². The van der Waals surface area contributed by atoms with Crippen molar-refractivity contribution in [1.29, 1.82) is 0 Å². The highest BCUT2D eigenvalue weighted by atomic mass is 35.5. The molecule has 0 saturated carbocycles. The van der Waals surface area contributed by atoms with E-state index >= 15 is 0 Å². The summed E-state index contributed by atoms with van der Waals surface area (Å²) in [6, 6.07) is 15.2. The van der Waals surface area contributed by atoms with Crippen molar-refractivity contribution in [2.24, 2.45) is 0 Å². The summed E-state index contributed by atoms with van der Waals surface area (Å²) >= 11 is 6.16. The van der Waals surface area contributed by atoms with Crippen LogP contribution in [0.2, 0.25) is 5.02 Å². The highest BCUT2D eigenvalue weighted by molar-refractivity contribution is 6.30. The van der Waals surface area contributed by atoms with E-state index in [2.05, 4.69) is 39.8 Å². The van der Waals surface area contributed by atoms with E-state index in [9.17, 15) is 5.11 Å². The molecule has 2 heterocycles. The Kier molecular flexibility index (Phi) is 5.41. The zero-order valence-corrected chi connectivity index (χ0v) is 17.2. The van der Waals surface area contributed by atoms with E-state index in [0.29, 0.717) is 6.54 Å². The third-order valence-corrected chi connectivity index (χ3v) is 5.51. The van der Waals surface area contributed by atoms with Crippen LogP contribution < -0.4 is 5.32 Å². The molecule has 0 aliphatic carbocycles. The molecule has 4 aromatic rings. The molecule has 2 aromatic heterocycles. The molecule has 0 saturated heterocycles. The van der Waals surface area contributed by atoms with Gasteiger partial charge < -0.3 is 15.0 Å². The Morgan fingerprint density at radius 1 is 1.03 bits per heavy atom. The third-order valence-electron chi connectivity index (χ3n) is 5.28. The molecule has 0 spiro atoms. The van der Waals surface area contributed by atoms with Crippen LogP contribution in [0.15, 0.2) is 54.9 Å². The summed E-state index contributed by atoms with van der Waals surface area (Å²) in [7, 11) is 0. The second kappa shape index (κ2) is 8.13. The van der Waals surface area contributed by atoms with Crippen LogP contribution in [0.25, 0.3) is 11.0 Å². The van der Waals surface area contributed by atoms with E-state index in [4.69, 9.17) is 11.6 Å². The number of aromatic hydroxyl groups is 1. The Morgan fingerprint density at radius 2 is 1.83 bits per heavy atom. The highest BCUT2D eigenvalue weighted by Crippen LogP contribution is 2.29. The summed E-state index contributed by atoms with van der Waals surface area (Å²) in [6.07, 6.45) is 2.45. The molecule has 148 valence electrons. The minimum Gasteiger partial charge on any atom is -0.508 e. The summed E-state index contributed by atoms with van der Waals surface area (Å²) < 4.78 is 2.21. The minimum absolute atomic E-state index is 0.284. The van der Waals surface area contributed by atoms with E-state index in [1.807, 2.05) is 30.3 Å². The number of halogens is 1. The number of hydrogen-bond donors (Lipinski definition) is 2. The van der Waals surface area contributed by atoms with Crippen LogP contribution in [0.1, 0.15) is 22.4 Å².